The molecular weight excluding hydrogens is 208 g/mol. The van der Waals surface area contributed by atoms with Crippen molar-refractivity contribution in [3.63, 3.8) is 0 Å². The number of rotatable bonds is 2. The Labute approximate surface area is 93.2 Å². The molecule has 0 aromatic heterocycles. The predicted octanol–water partition coefficient (Wildman–Crippen LogP) is 1.56. The first-order valence-electron chi connectivity index (χ1n) is 5.01. The van der Waals surface area contributed by atoms with Crippen LogP contribution in [0.2, 0.25) is 0 Å². The number of hydrogen-bond donors (Lipinski definition) is 0. The highest BCUT2D eigenvalue weighted by atomic mass is 16.6. The van der Waals surface area contributed by atoms with E-state index in [9.17, 15) is 9.59 Å². The Morgan fingerprint density at radius 2 is 2.12 bits per heavy atom. The summed E-state index contributed by atoms with van der Waals surface area (Å²) in [6.45, 7) is 1.88. The molecule has 0 N–H and O–H groups in total. The first kappa shape index (κ1) is 10.7. The summed E-state index contributed by atoms with van der Waals surface area (Å²) < 4.78 is 9.61. The van der Waals surface area contributed by atoms with Crippen LogP contribution in [0.25, 0.3) is 0 Å². The fourth-order valence-electron chi connectivity index (χ4n) is 1.88. The van der Waals surface area contributed by atoms with Gasteiger partial charge in [0.25, 0.3) is 0 Å². The van der Waals surface area contributed by atoms with Crippen LogP contribution >= 0.6 is 0 Å². The number of aryl methyl sites for hydroxylation is 1. The van der Waals surface area contributed by atoms with Crippen molar-refractivity contribution < 1.29 is 19.1 Å². The fourth-order valence-corrected chi connectivity index (χ4v) is 1.88. The quantitative estimate of drug-likeness (QED) is 0.560. The second-order valence-corrected chi connectivity index (χ2v) is 3.77. The first-order valence-corrected chi connectivity index (χ1v) is 5.01. The number of ether oxygens (including phenoxy) is 2. The summed E-state index contributed by atoms with van der Waals surface area (Å²) in [5.41, 5.74) is 1.76. The highest BCUT2D eigenvalue weighted by molar-refractivity contribution is 5.98. The van der Waals surface area contributed by atoms with Gasteiger partial charge in [-0.3, -0.25) is 9.59 Å². The van der Waals surface area contributed by atoms with Crippen LogP contribution < -0.4 is 4.74 Å². The summed E-state index contributed by atoms with van der Waals surface area (Å²) in [7, 11) is 1.59. The lowest BCUT2D eigenvalue weighted by Gasteiger charge is -2.10. The molecule has 84 valence electrons. The van der Waals surface area contributed by atoms with Crippen molar-refractivity contribution in [3.05, 3.63) is 29.3 Å². The molecule has 0 amide bonds. The van der Waals surface area contributed by atoms with Gasteiger partial charge >= 0.3 is 11.9 Å². The van der Waals surface area contributed by atoms with Crippen LogP contribution in [0.1, 0.15) is 23.5 Å². The lowest BCUT2D eigenvalue weighted by atomic mass is 9.93. The standard InChI is InChI=1S/C12H12O4/c1-7-5-8(15-2)3-4-9(7)10-6-11(13)16-12(10)14/h3-5,10H,6H2,1-2H3. The van der Waals surface area contributed by atoms with Crippen molar-refractivity contribution in [3.8, 4) is 5.75 Å². The average Bonchev–Trinajstić information content (AvgIpc) is 2.57. The van der Waals surface area contributed by atoms with Gasteiger partial charge in [-0.05, 0) is 30.2 Å². The smallest absolute Gasteiger partial charge is 0.321 e. The van der Waals surface area contributed by atoms with Crippen LogP contribution in [0.3, 0.4) is 0 Å². The molecule has 16 heavy (non-hydrogen) atoms. The second kappa shape index (κ2) is 3.96. The Morgan fingerprint density at radius 3 is 2.62 bits per heavy atom. The fraction of sp³-hybridized carbons (Fsp3) is 0.333. The normalized spacial score (nSPS) is 19.8. The van der Waals surface area contributed by atoms with Gasteiger partial charge in [-0.2, -0.15) is 0 Å². The zero-order valence-corrected chi connectivity index (χ0v) is 9.15. The van der Waals surface area contributed by atoms with Crippen LogP contribution in [-0.2, 0) is 14.3 Å². The number of carbonyl (C=O) groups is 2. The Balaban J connectivity index is 2.34. The molecule has 1 fully saturated rings. The zero-order valence-electron chi connectivity index (χ0n) is 9.15. The van der Waals surface area contributed by atoms with Crippen LogP contribution in [0.15, 0.2) is 18.2 Å². The van der Waals surface area contributed by atoms with Gasteiger partial charge in [-0.15, -0.1) is 0 Å². The molecule has 1 heterocycles. The molecule has 1 aromatic carbocycles. The van der Waals surface area contributed by atoms with Crippen LogP contribution in [-0.4, -0.2) is 19.0 Å². The van der Waals surface area contributed by atoms with Crippen LogP contribution in [0.4, 0.5) is 0 Å². The minimum Gasteiger partial charge on any atom is -0.497 e. The van der Waals surface area contributed by atoms with Crippen molar-refractivity contribution >= 4 is 11.9 Å². The van der Waals surface area contributed by atoms with Crippen molar-refractivity contribution in [2.24, 2.45) is 0 Å². The molecule has 0 spiro atoms. The van der Waals surface area contributed by atoms with Crippen molar-refractivity contribution in [2.75, 3.05) is 7.11 Å². The SMILES string of the molecule is COc1ccc(C2CC(=O)OC2=O)c(C)c1. The van der Waals surface area contributed by atoms with Gasteiger partial charge in [0.2, 0.25) is 0 Å². The van der Waals surface area contributed by atoms with E-state index in [0.717, 1.165) is 16.9 Å². The topological polar surface area (TPSA) is 52.6 Å². The number of cyclic esters (lactones) is 2. The van der Waals surface area contributed by atoms with E-state index in [1.165, 1.54) is 0 Å². The number of methoxy groups -OCH3 is 1. The molecule has 1 saturated heterocycles. The van der Waals surface area contributed by atoms with E-state index in [2.05, 4.69) is 4.74 Å². The lowest BCUT2D eigenvalue weighted by Crippen LogP contribution is -2.07. The van der Waals surface area contributed by atoms with Crippen LogP contribution in [0.5, 0.6) is 5.75 Å². The summed E-state index contributed by atoms with van der Waals surface area (Å²) >= 11 is 0. The zero-order chi connectivity index (χ0) is 11.7. The summed E-state index contributed by atoms with van der Waals surface area (Å²) in [6.07, 6.45) is 0.131. The molecule has 1 aromatic rings. The molecular formula is C12H12O4. The lowest BCUT2D eigenvalue weighted by molar-refractivity contribution is -0.152. The maximum absolute atomic E-state index is 11.4. The van der Waals surface area contributed by atoms with E-state index in [1.807, 2.05) is 13.0 Å². The molecule has 0 aliphatic carbocycles. The molecule has 2 rings (SSSR count). The minimum atomic E-state index is -0.460. The Hall–Kier alpha value is -1.84. The van der Waals surface area contributed by atoms with E-state index in [-0.39, 0.29) is 6.42 Å². The first-order chi connectivity index (χ1) is 7.61. The summed E-state index contributed by atoms with van der Waals surface area (Å²) in [4.78, 5) is 22.4. The van der Waals surface area contributed by atoms with Crippen molar-refractivity contribution in [2.45, 2.75) is 19.3 Å². The molecule has 1 atom stereocenters. The largest absolute Gasteiger partial charge is 0.497 e. The van der Waals surface area contributed by atoms with Crippen LogP contribution in [0, 0.1) is 6.92 Å². The molecule has 0 bridgehead atoms. The molecule has 4 heteroatoms. The highest BCUT2D eigenvalue weighted by Crippen LogP contribution is 2.31. The van der Waals surface area contributed by atoms with Gasteiger partial charge in [0.15, 0.2) is 0 Å². The van der Waals surface area contributed by atoms with E-state index >= 15 is 0 Å². The summed E-state index contributed by atoms with van der Waals surface area (Å²) in [5.74, 6) is -0.638. The number of benzene rings is 1. The van der Waals surface area contributed by atoms with E-state index < -0.39 is 17.9 Å². The minimum absolute atomic E-state index is 0.131. The molecule has 0 radical (unpaired) electrons. The van der Waals surface area contributed by atoms with Gasteiger partial charge in [0.05, 0.1) is 19.4 Å². The Kier molecular flexibility index (Phi) is 2.64. The third kappa shape index (κ3) is 1.78. The summed E-state index contributed by atoms with van der Waals surface area (Å²) in [6, 6.07) is 5.42. The van der Waals surface area contributed by atoms with Crippen molar-refractivity contribution in [1.82, 2.24) is 0 Å². The third-order valence-corrected chi connectivity index (χ3v) is 2.72. The molecule has 1 aliphatic heterocycles. The van der Waals surface area contributed by atoms with E-state index in [4.69, 9.17) is 4.74 Å². The maximum atomic E-state index is 11.4. The van der Waals surface area contributed by atoms with E-state index in [0.29, 0.717) is 0 Å². The Bertz CT molecular complexity index is 450. The molecule has 0 saturated carbocycles. The van der Waals surface area contributed by atoms with Gasteiger partial charge < -0.3 is 9.47 Å². The number of carbonyl (C=O) groups excluding carboxylic acids is 2. The van der Waals surface area contributed by atoms with Gasteiger partial charge in [-0.25, -0.2) is 0 Å². The number of esters is 2. The predicted molar refractivity (Wildman–Crippen MR) is 56.2 cm³/mol. The van der Waals surface area contributed by atoms with E-state index in [1.54, 1.807) is 19.2 Å². The molecule has 1 aliphatic rings. The second-order valence-electron chi connectivity index (χ2n) is 3.77. The molecule has 4 nitrogen and oxygen atoms in total. The van der Waals surface area contributed by atoms with Gasteiger partial charge in [-0.1, -0.05) is 6.07 Å². The summed E-state index contributed by atoms with van der Waals surface area (Å²) in [5, 5.41) is 0. The van der Waals surface area contributed by atoms with Crippen molar-refractivity contribution in [1.29, 1.82) is 0 Å². The average molecular weight is 220 g/mol. The maximum Gasteiger partial charge on any atom is 0.321 e. The number of hydrogen-bond acceptors (Lipinski definition) is 4. The van der Waals surface area contributed by atoms with Gasteiger partial charge in [0, 0.05) is 0 Å². The molecule has 1 unspecified atom stereocenters. The highest BCUT2D eigenvalue weighted by Gasteiger charge is 2.35. The third-order valence-electron chi connectivity index (χ3n) is 2.72. The van der Waals surface area contributed by atoms with Gasteiger partial charge in [0.1, 0.15) is 5.75 Å². The Morgan fingerprint density at radius 1 is 1.38 bits per heavy atom. The monoisotopic (exact) mass is 220 g/mol.